The average molecular weight is 424 g/mol. The van der Waals surface area contributed by atoms with Gasteiger partial charge in [-0.05, 0) is 55.7 Å². The summed E-state index contributed by atoms with van der Waals surface area (Å²) in [7, 11) is 1.34. The lowest BCUT2D eigenvalue weighted by molar-refractivity contribution is 0.0594. The number of rotatable bonds is 4. The van der Waals surface area contributed by atoms with Crippen molar-refractivity contribution >= 4 is 34.2 Å². The molecule has 0 saturated heterocycles. The van der Waals surface area contributed by atoms with Crippen LogP contribution in [0.3, 0.4) is 0 Å². The Bertz CT molecular complexity index is 1190. The zero-order valence-corrected chi connectivity index (χ0v) is 17.4. The lowest BCUT2D eigenvalue weighted by atomic mass is 9.70. The number of fused-ring (bicyclic) bond motifs is 5. The SMILES string of the molecule is COC(=O)c1cn(CCC2=CC3Cc4nc5cc(Cl)ccc5c(N)c4C(C2)C3)nn1. The van der Waals surface area contributed by atoms with Gasteiger partial charge in [-0.2, -0.15) is 0 Å². The predicted molar refractivity (Wildman–Crippen MR) is 114 cm³/mol. The van der Waals surface area contributed by atoms with E-state index < -0.39 is 5.97 Å². The number of nitrogens with two attached hydrogens (primary N) is 1. The topological polar surface area (TPSA) is 95.9 Å². The Kier molecular flexibility index (Phi) is 4.70. The number of anilines is 1. The van der Waals surface area contributed by atoms with E-state index in [1.54, 1.807) is 10.9 Å². The summed E-state index contributed by atoms with van der Waals surface area (Å²) >= 11 is 6.15. The molecule has 0 radical (unpaired) electrons. The highest BCUT2D eigenvalue weighted by Gasteiger charge is 2.33. The number of esters is 1. The Morgan fingerprint density at radius 2 is 2.23 bits per heavy atom. The van der Waals surface area contributed by atoms with E-state index in [1.807, 2.05) is 18.2 Å². The number of allylic oxidation sites excluding steroid dienone is 2. The number of pyridine rings is 1. The molecule has 1 aromatic carbocycles. The van der Waals surface area contributed by atoms with Crippen molar-refractivity contribution in [2.75, 3.05) is 12.8 Å². The van der Waals surface area contributed by atoms with Gasteiger partial charge in [0.2, 0.25) is 0 Å². The van der Waals surface area contributed by atoms with Crippen LogP contribution in [0, 0.1) is 5.92 Å². The van der Waals surface area contributed by atoms with Crippen molar-refractivity contribution in [1.29, 1.82) is 0 Å². The zero-order valence-electron chi connectivity index (χ0n) is 16.6. The molecule has 3 aromatic rings. The van der Waals surface area contributed by atoms with Crippen LogP contribution in [0.4, 0.5) is 5.69 Å². The summed E-state index contributed by atoms with van der Waals surface area (Å²) in [6, 6.07) is 5.72. The minimum Gasteiger partial charge on any atom is -0.464 e. The van der Waals surface area contributed by atoms with Gasteiger partial charge in [-0.1, -0.05) is 28.5 Å². The summed E-state index contributed by atoms with van der Waals surface area (Å²) < 4.78 is 6.38. The van der Waals surface area contributed by atoms with E-state index in [2.05, 4.69) is 21.1 Å². The third kappa shape index (κ3) is 3.33. The lowest BCUT2D eigenvalue weighted by Gasteiger charge is -2.36. The Balaban J connectivity index is 1.37. The first-order chi connectivity index (χ1) is 14.5. The fraction of sp³-hybridized carbons (Fsp3) is 0.364. The molecule has 7 nitrogen and oxygen atoms in total. The van der Waals surface area contributed by atoms with Crippen molar-refractivity contribution in [3.8, 4) is 0 Å². The molecule has 2 heterocycles. The number of nitrogens with zero attached hydrogens (tertiary/aromatic N) is 4. The summed E-state index contributed by atoms with van der Waals surface area (Å²) in [6.45, 7) is 0.673. The molecular weight excluding hydrogens is 402 g/mol. The fourth-order valence-corrected chi connectivity index (χ4v) is 5.00. The summed E-state index contributed by atoms with van der Waals surface area (Å²) in [5.41, 5.74) is 12.3. The van der Waals surface area contributed by atoms with E-state index >= 15 is 0 Å². The maximum atomic E-state index is 11.6. The van der Waals surface area contributed by atoms with Crippen molar-refractivity contribution in [3.63, 3.8) is 0 Å². The number of aryl methyl sites for hydroxylation is 1. The summed E-state index contributed by atoms with van der Waals surface area (Å²) in [5.74, 6) is 0.379. The van der Waals surface area contributed by atoms with Crippen LogP contribution in [-0.4, -0.2) is 33.1 Å². The lowest BCUT2D eigenvalue weighted by Crippen LogP contribution is -2.25. The molecule has 2 aliphatic carbocycles. The maximum Gasteiger partial charge on any atom is 0.360 e. The Morgan fingerprint density at radius 3 is 3.07 bits per heavy atom. The zero-order chi connectivity index (χ0) is 20.8. The second-order valence-corrected chi connectivity index (χ2v) is 8.52. The summed E-state index contributed by atoms with van der Waals surface area (Å²) in [4.78, 5) is 16.5. The van der Waals surface area contributed by atoms with Gasteiger partial charge in [-0.3, -0.25) is 9.67 Å². The van der Waals surface area contributed by atoms with Gasteiger partial charge in [0.15, 0.2) is 5.69 Å². The van der Waals surface area contributed by atoms with Crippen LogP contribution in [0.2, 0.25) is 5.02 Å². The minimum absolute atomic E-state index is 0.228. The summed E-state index contributed by atoms with van der Waals surface area (Å²) in [5, 5.41) is 9.55. The van der Waals surface area contributed by atoms with Crippen LogP contribution in [0.5, 0.6) is 0 Å². The highest BCUT2D eigenvalue weighted by Crippen LogP contribution is 2.47. The first-order valence-electron chi connectivity index (χ1n) is 10.1. The molecular formula is C22H22ClN5O2. The van der Waals surface area contributed by atoms with E-state index in [9.17, 15) is 4.79 Å². The number of hydrogen-bond acceptors (Lipinski definition) is 6. The number of carbonyl (C=O) groups excluding carboxylic acids is 1. The van der Waals surface area contributed by atoms with Gasteiger partial charge in [-0.25, -0.2) is 4.79 Å². The third-order valence-corrected chi connectivity index (χ3v) is 6.37. The molecule has 2 atom stereocenters. The minimum atomic E-state index is -0.472. The van der Waals surface area contributed by atoms with Crippen molar-refractivity contribution in [1.82, 2.24) is 20.0 Å². The van der Waals surface area contributed by atoms with Crippen LogP contribution < -0.4 is 5.73 Å². The van der Waals surface area contributed by atoms with Gasteiger partial charge in [0.05, 0.1) is 18.8 Å². The van der Waals surface area contributed by atoms with Crippen molar-refractivity contribution in [2.24, 2.45) is 5.92 Å². The van der Waals surface area contributed by atoms with Gasteiger partial charge < -0.3 is 10.5 Å². The van der Waals surface area contributed by atoms with E-state index in [4.69, 9.17) is 22.3 Å². The van der Waals surface area contributed by atoms with E-state index in [0.29, 0.717) is 23.4 Å². The number of benzene rings is 1. The van der Waals surface area contributed by atoms with Crippen LogP contribution in [0.15, 0.2) is 36.0 Å². The molecule has 0 fully saturated rings. The molecule has 5 rings (SSSR count). The number of nitrogen functional groups attached to an aromatic ring is 1. The third-order valence-electron chi connectivity index (χ3n) is 6.13. The van der Waals surface area contributed by atoms with Crippen LogP contribution >= 0.6 is 11.6 Å². The van der Waals surface area contributed by atoms with Gasteiger partial charge in [0.25, 0.3) is 0 Å². The first-order valence-corrected chi connectivity index (χ1v) is 10.4. The molecule has 0 spiro atoms. The van der Waals surface area contributed by atoms with Crippen LogP contribution in [0.25, 0.3) is 10.9 Å². The van der Waals surface area contributed by atoms with Gasteiger partial charge >= 0.3 is 5.97 Å². The molecule has 8 heteroatoms. The molecule has 2 unspecified atom stereocenters. The summed E-state index contributed by atoms with van der Waals surface area (Å²) in [6.07, 6.45) is 7.85. The van der Waals surface area contributed by atoms with E-state index in [0.717, 1.165) is 48.0 Å². The van der Waals surface area contributed by atoms with Crippen LogP contribution in [-0.2, 0) is 17.7 Å². The molecule has 0 aliphatic heterocycles. The molecule has 2 aromatic heterocycles. The number of carbonyl (C=O) groups is 1. The molecule has 2 bridgehead atoms. The molecule has 30 heavy (non-hydrogen) atoms. The smallest absolute Gasteiger partial charge is 0.360 e. The van der Waals surface area contributed by atoms with Crippen molar-refractivity contribution in [3.05, 3.63) is 58.0 Å². The maximum absolute atomic E-state index is 11.6. The largest absolute Gasteiger partial charge is 0.464 e. The molecule has 154 valence electrons. The number of ether oxygens (including phenoxy) is 1. The second kappa shape index (κ2) is 7.40. The Hall–Kier alpha value is -2.93. The standard InChI is InChI=1S/C22H22ClN5O2/c1-30-22(29)19-11-28(27-26-19)5-4-12-6-13-8-14(7-12)20-18(9-13)25-17-10-15(23)2-3-16(17)21(20)24/h2-3,6,10-11,13-14H,4-5,7-9H2,1H3,(H2,24,25). The molecule has 2 aliphatic rings. The Labute approximate surface area is 178 Å². The van der Waals surface area contributed by atoms with Crippen molar-refractivity contribution < 1.29 is 9.53 Å². The number of hydrogen-bond donors (Lipinski definition) is 1. The first kappa shape index (κ1) is 19.1. The van der Waals surface area contributed by atoms with E-state index in [1.165, 1.54) is 18.2 Å². The second-order valence-electron chi connectivity index (χ2n) is 8.08. The van der Waals surface area contributed by atoms with Gasteiger partial charge in [-0.15, -0.1) is 5.10 Å². The van der Waals surface area contributed by atoms with E-state index in [-0.39, 0.29) is 5.69 Å². The monoisotopic (exact) mass is 423 g/mol. The average Bonchev–Trinajstić information content (AvgIpc) is 3.20. The number of methoxy groups -OCH3 is 1. The predicted octanol–water partition coefficient (Wildman–Crippen LogP) is 3.91. The molecule has 0 saturated carbocycles. The Morgan fingerprint density at radius 1 is 1.37 bits per heavy atom. The van der Waals surface area contributed by atoms with Crippen LogP contribution in [0.1, 0.15) is 46.9 Å². The fourth-order valence-electron chi connectivity index (χ4n) is 4.84. The highest BCUT2D eigenvalue weighted by molar-refractivity contribution is 6.31. The number of halogens is 1. The van der Waals surface area contributed by atoms with Gasteiger partial charge in [0.1, 0.15) is 0 Å². The van der Waals surface area contributed by atoms with Gasteiger partial charge in [0, 0.05) is 33.9 Å². The highest BCUT2D eigenvalue weighted by atomic mass is 35.5. The number of aromatic nitrogens is 4. The quantitative estimate of drug-likeness (QED) is 0.504. The normalized spacial score (nSPS) is 20.0. The molecule has 0 amide bonds. The molecule has 2 N–H and O–H groups in total. The van der Waals surface area contributed by atoms with Crippen molar-refractivity contribution in [2.45, 2.75) is 38.1 Å².